The molecular formula is C39H50N2O9. The number of hydrogen-bond acceptors (Lipinski definition) is 11. The van der Waals surface area contributed by atoms with Crippen LogP contribution in [-0.4, -0.2) is 112 Å². The van der Waals surface area contributed by atoms with Crippen molar-refractivity contribution in [2.75, 3.05) is 53.9 Å². The van der Waals surface area contributed by atoms with Crippen molar-refractivity contribution in [1.82, 2.24) is 4.90 Å². The van der Waals surface area contributed by atoms with Gasteiger partial charge in [0.2, 0.25) is 0 Å². The molecule has 1 unspecified atom stereocenters. The van der Waals surface area contributed by atoms with Gasteiger partial charge in [0.25, 0.3) is 0 Å². The Hall–Kier alpha value is -3.06. The summed E-state index contributed by atoms with van der Waals surface area (Å²) in [6.07, 6.45) is -0.135. The van der Waals surface area contributed by atoms with Crippen LogP contribution in [0.5, 0.6) is 0 Å². The number of likely N-dealkylation sites (tertiary alicyclic amines) is 1. The molecule has 7 bridgehead atoms. The van der Waals surface area contributed by atoms with E-state index < -0.39 is 46.7 Å². The van der Waals surface area contributed by atoms with E-state index in [9.17, 15) is 14.7 Å². The van der Waals surface area contributed by atoms with Gasteiger partial charge in [0.1, 0.15) is 17.3 Å². The zero-order valence-electron chi connectivity index (χ0n) is 29.6. The molecule has 5 aliphatic carbocycles. The van der Waals surface area contributed by atoms with Crippen molar-refractivity contribution in [2.24, 2.45) is 34.5 Å². The molecule has 13 atom stereocenters. The molecule has 2 aromatic carbocycles. The Morgan fingerprint density at radius 2 is 1.60 bits per heavy atom. The maximum absolute atomic E-state index is 14.5. The quantitative estimate of drug-likeness (QED) is 0.280. The van der Waals surface area contributed by atoms with Crippen LogP contribution in [0.25, 0.3) is 0 Å². The Morgan fingerprint density at radius 1 is 0.900 bits per heavy atom. The number of nitrogens with zero attached hydrogens (tertiary/aromatic N) is 1. The molecule has 3 N–H and O–H groups in total. The first-order chi connectivity index (χ1) is 24.1. The van der Waals surface area contributed by atoms with Gasteiger partial charge in [-0.25, -0.2) is 9.59 Å². The van der Waals surface area contributed by atoms with Gasteiger partial charge in [-0.2, -0.15) is 0 Å². The van der Waals surface area contributed by atoms with Gasteiger partial charge in [-0.05, 0) is 68.1 Å². The van der Waals surface area contributed by atoms with E-state index in [2.05, 4.69) is 11.8 Å². The Balaban J connectivity index is 1.38. The SMILES string of the molecule is CCN1C[C@]2(COC)CC[C@H](OC)[C@]34C1[C@H]([C@H](OC)[C@H]23)[C@@]1(OC(=O)c2ccc(N)cc2)C[C@H](OC)[C@@]2(O)C[C@@H]4[C@@H]1[C@H]2OC(=O)c1ccccc1. The van der Waals surface area contributed by atoms with Crippen molar-refractivity contribution in [1.29, 1.82) is 0 Å². The molecule has 1 spiro atoms. The Labute approximate surface area is 293 Å². The molecule has 0 amide bonds. The molecule has 0 aromatic heterocycles. The zero-order valence-corrected chi connectivity index (χ0v) is 29.6. The van der Waals surface area contributed by atoms with Crippen LogP contribution in [0.15, 0.2) is 54.6 Å². The number of anilines is 1. The summed E-state index contributed by atoms with van der Waals surface area (Å²) in [5, 5.41) is 13.0. The third-order valence-electron chi connectivity index (χ3n) is 14.1. The van der Waals surface area contributed by atoms with Gasteiger partial charge in [-0.3, -0.25) is 4.90 Å². The maximum atomic E-state index is 14.5. The first-order valence-corrected chi connectivity index (χ1v) is 18.0. The van der Waals surface area contributed by atoms with Gasteiger partial charge < -0.3 is 39.3 Å². The Morgan fingerprint density at radius 3 is 2.24 bits per heavy atom. The lowest BCUT2D eigenvalue weighted by Crippen LogP contribution is -2.77. The summed E-state index contributed by atoms with van der Waals surface area (Å²) in [5.74, 6) is -2.28. The smallest absolute Gasteiger partial charge is 0.338 e. The lowest BCUT2D eigenvalue weighted by atomic mass is 9.43. The van der Waals surface area contributed by atoms with E-state index in [0.29, 0.717) is 29.8 Å². The van der Waals surface area contributed by atoms with E-state index in [1.54, 1.807) is 77.0 Å². The molecule has 270 valence electrons. The van der Waals surface area contributed by atoms with Crippen LogP contribution < -0.4 is 5.73 Å². The summed E-state index contributed by atoms with van der Waals surface area (Å²) in [6, 6.07) is 15.4. The van der Waals surface area contributed by atoms with E-state index in [4.69, 9.17) is 34.2 Å². The average molecular weight is 691 g/mol. The second-order valence-electron chi connectivity index (χ2n) is 15.7. The van der Waals surface area contributed by atoms with Gasteiger partial charge in [0, 0.05) is 81.7 Å². The van der Waals surface area contributed by atoms with E-state index in [1.165, 1.54) is 0 Å². The van der Waals surface area contributed by atoms with Crippen molar-refractivity contribution in [2.45, 2.75) is 74.3 Å². The minimum Gasteiger partial charge on any atom is -0.455 e. The summed E-state index contributed by atoms with van der Waals surface area (Å²) < 4.78 is 39.0. The molecule has 2 aromatic rings. The fourth-order valence-corrected chi connectivity index (χ4v) is 12.9. The molecule has 5 saturated carbocycles. The Kier molecular flexibility index (Phi) is 8.17. The third kappa shape index (κ3) is 4.25. The number of carbonyl (C=O) groups is 2. The number of nitrogen functional groups attached to an aromatic ring is 1. The van der Waals surface area contributed by atoms with Crippen molar-refractivity contribution in [3.8, 4) is 0 Å². The van der Waals surface area contributed by atoms with E-state index in [1.807, 2.05) is 6.07 Å². The number of benzene rings is 2. The van der Waals surface area contributed by atoms with Crippen LogP contribution in [0.1, 0.15) is 53.3 Å². The summed E-state index contributed by atoms with van der Waals surface area (Å²) >= 11 is 0. The average Bonchev–Trinajstić information content (AvgIpc) is 3.50. The normalized spacial score (nSPS) is 43.8. The first-order valence-electron chi connectivity index (χ1n) is 18.0. The molecular weight excluding hydrogens is 640 g/mol. The summed E-state index contributed by atoms with van der Waals surface area (Å²) in [6.45, 7) is 4.29. The van der Waals surface area contributed by atoms with Gasteiger partial charge in [0.05, 0.1) is 36.0 Å². The summed E-state index contributed by atoms with van der Waals surface area (Å²) in [7, 11) is 6.88. The molecule has 11 nitrogen and oxygen atoms in total. The number of nitrogens with two attached hydrogens (primary N) is 1. The third-order valence-corrected chi connectivity index (χ3v) is 14.1. The number of rotatable bonds is 10. The van der Waals surface area contributed by atoms with Gasteiger partial charge >= 0.3 is 11.9 Å². The number of fused-ring (bicyclic) bond motifs is 2. The second kappa shape index (κ2) is 12.0. The minimum absolute atomic E-state index is 0.0343. The van der Waals surface area contributed by atoms with Crippen molar-refractivity contribution in [3.05, 3.63) is 65.7 Å². The molecule has 1 heterocycles. The van der Waals surface area contributed by atoms with E-state index in [0.717, 1.165) is 25.9 Å². The second-order valence-corrected chi connectivity index (χ2v) is 15.7. The fourth-order valence-electron chi connectivity index (χ4n) is 12.9. The molecule has 0 radical (unpaired) electrons. The highest BCUT2D eigenvalue weighted by Crippen LogP contribution is 2.80. The largest absolute Gasteiger partial charge is 0.455 e. The predicted octanol–water partition coefficient (Wildman–Crippen LogP) is 3.58. The van der Waals surface area contributed by atoms with Gasteiger partial charge in [-0.15, -0.1) is 0 Å². The van der Waals surface area contributed by atoms with Crippen LogP contribution in [0.4, 0.5) is 5.69 Å². The summed E-state index contributed by atoms with van der Waals surface area (Å²) in [5.41, 5.74) is 3.69. The van der Waals surface area contributed by atoms with Crippen molar-refractivity contribution < 1.29 is 43.1 Å². The van der Waals surface area contributed by atoms with Crippen LogP contribution in [0.3, 0.4) is 0 Å². The Bertz CT molecular complexity index is 1620. The fraction of sp³-hybridized carbons (Fsp3) is 0.641. The molecule has 6 fully saturated rings. The standard InChI is InChI=1S/C39H50N2O9/c1-6-41-20-36(21-45-2)17-16-26(46-3)39-25-18-37(44)27(47-4)19-38(29(32(39)41)30(48-5)31(36)39,50-35(43)23-12-14-24(40)15-13-23)28(25)33(37)49-34(42)22-10-8-7-9-11-22/h7-15,25-33,44H,6,16-21,40H2,1-5H3/t25-,26+,27+,28-,29+,30+,31-,32?,33-,36+,37+,38-,39+/m1/s1. The molecule has 6 aliphatic rings. The summed E-state index contributed by atoms with van der Waals surface area (Å²) in [4.78, 5) is 31.0. The number of ether oxygens (including phenoxy) is 6. The minimum atomic E-state index is -1.54. The highest BCUT2D eigenvalue weighted by Gasteiger charge is 2.90. The highest BCUT2D eigenvalue weighted by molar-refractivity contribution is 5.90. The van der Waals surface area contributed by atoms with Crippen LogP contribution in [0, 0.1) is 34.5 Å². The number of piperidine rings is 1. The lowest BCUT2D eigenvalue weighted by Gasteiger charge is -2.69. The number of hydrogen-bond donors (Lipinski definition) is 2. The predicted molar refractivity (Wildman–Crippen MR) is 182 cm³/mol. The lowest BCUT2D eigenvalue weighted by molar-refractivity contribution is -0.282. The van der Waals surface area contributed by atoms with Crippen LogP contribution in [0.2, 0.25) is 0 Å². The topological polar surface area (TPSA) is 139 Å². The maximum Gasteiger partial charge on any atom is 0.338 e. The number of aliphatic hydroxyl groups is 1. The van der Waals surface area contributed by atoms with E-state index >= 15 is 0 Å². The highest BCUT2D eigenvalue weighted by atomic mass is 16.6. The molecule has 50 heavy (non-hydrogen) atoms. The first kappa shape index (κ1) is 34.0. The molecule has 8 rings (SSSR count). The van der Waals surface area contributed by atoms with Gasteiger partial charge in [0.15, 0.2) is 0 Å². The van der Waals surface area contributed by atoms with Crippen LogP contribution in [-0.2, 0) is 28.4 Å². The number of carbonyl (C=O) groups excluding carboxylic acids is 2. The molecule has 1 saturated heterocycles. The molecule has 1 aliphatic heterocycles. The number of esters is 2. The zero-order chi connectivity index (χ0) is 35.2. The van der Waals surface area contributed by atoms with Crippen LogP contribution >= 0.6 is 0 Å². The van der Waals surface area contributed by atoms with Gasteiger partial charge in [-0.1, -0.05) is 25.1 Å². The van der Waals surface area contributed by atoms with Crippen molar-refractivity contribution >= 4 is 17.6 Å². The number of methoxy groups -OCH3 is 4. The van der Waals surface area contributed by atoms with E-state index in [-0.39, 0.29) is 47.8 Å². The van der Waals surface area contributed by atoms with Crippen molar-refractivity contribution in [3.63, 3.8) is 0 Å². The molecule has 11 heteroatoms. The monoisotopic (exact) mass is 690 g/mol.